The molecular weight excluding hydrogens is 396 g/mol. The molecule has 1 fully saturated rings. The zero-order valence-corrected chi connectivity index (χ0v) is 15.7. The maximum atomic E-state index is 13.2. The lowest BCUT2D eigenvalue weighted by atomic mass is 10.0. The Bertz CT molecular complexity index is 516. The molecule has 0 aromatic heterocycles. The molecule has 0 saturated carbocycles. The van der Waals surface area contributed by atoms with E-state index >= 15 is 0 Å². The van der Waals surface area contributed by atoms with Gasteiger partial charge in [-0.15, -0.1) is 24.0 Å². The van der Waals surface area contributed by atoms with E-state index in [1.807, 2.05) is 6.07 Å². The molecule has 1 aromatic carbocycles. The van der Waals surface area contributed by atoms with E-state index < -0.39 is 0 Å². The van der Waals surface area contributed by atoms with Crippen LogP contribution in [-0.2, 0) is 11.3 Å². The van der Waals surface area contributed by atoms with Crippen molar-refractivity contribution >= 4 is 29.9 Å². The number of benzene rings is 1. The maximum absolute atomic E-state index is 13.2. The van der Waals surface area contributed by atoms with Gasteiger partial charge >= 0.3 is 0 Å². The number of hydrogen-bond donors (Lipinski definition) is 2. The largest absolute Gasteiger partial charge is 0.373 e. The van der Waals surface area contributed by atoms with Crippen LogP contribution in [0, 0.1) is 12.7 Å². The summed E-state index contributed by atoms with van der Waals surface area (Å²) in [5, 5.41) is 6.52. The first kappa shape index (κ1) is 19.2. The van der Waals surface area contributed by atoms with E-state index in [-0.39, 0.29) is 35.4 Å². The van der Waals surface area contributed by atoms with Crippen LogP contribution in [0.4, 0.5) is 4.39 Å². The van der Waals surface area contributed by atoms with Gasteiger partial charge in [0.05, 0.1) is 5.60 Å². The Morgan fingerprint density at radius 2 is 2.18 bits per heavy atom. The third-order valence-electron chi connectivity index (χ3n) is 3.84. The van der Waals surface area contributed by atoms with Gasteiger partial charge in [0.2, 0.25) is 0 Å². The van der Waals surface area contributed by atoms with Crippen LogP contribution in [0.25, 0.3) is 0 Å². The van der Waals surface area contributed by atoms with Crippen LogP contribution in [-0.4, -0.2) is 31.8 Å². The van der Waals surface area contributed by atoms with Gasteiger partial charge in [0, 0.05) is 26.7 Å². The first-order chi connectivity index (χ1) is 10.0. The second kappa shape index (κ2) is 8.67. The van der Waals surface area contributed by atoms with Gasteiger partial charge < -0.3 is 15.4 Å². The van der Waals surface area contributed by atoms with Crippen LogP contribution in [0.1, 0.15) is 30.9 Å². The Morgan fingerprint density at radius 1 is 1.41 bits per heavy atom. The van der Waals surface area contributed by atoms with E-state index in [1.165, 1.54) is 6.07 Å². The van der Waals surface area contributed by atoms with Gasteiger partial charge in [-0.05, 0) is 43.9 Å². The second-order valence-corrected chi connectivity index (χ2v) is 5.76. The van der Waals surface area contributed by atoms with E-state index in [0.29, 0.717) is 12.1 Å². The van der Waals surface area contributed by atoms with Crippen molar-refractivity contribution in [1.82, 2.24) is 10.6 Å². The van der Waals surface area contributed by atoms with Crippen LogP contribution in [0.2, 0.25) is 0 Å². The van der Waals surface area contributed by atoms with Crippen molar-refractivity contribution in [1.29, 1.82) is 0 Å². The molecule has 1 aliphatic heterocycles. The molecule has 1 unspecified atom stereocenters. The Morgan fingerprint density at radius 3 is 2.77 bits per heavy atom. The zero-order chi connectivity index (χ0) is 15.3. The number of halogens is 2. The fourth-order valence-electron chi connectivity index (χ4n) is 2.47. The predicted molar refractivity (Wildman–Crippen MR) is 98.3 cm³/mol. The van der Waals surface area contributed by atoms with Gasteiger partial charge in [-0.1, -0.05) is 12.1 Å². The highest BCUT2D eigenvalue weighted by atomic mass is 127. The fraction of sp³-hybridized carbons (Fsp3) is 0.562. The highest BCUT2D eigenvalue weighted by Crippen LogP contribution is 2.23. The zero-order valence-electron chi connectivity index (χ0n) is 13.4. The minimum Gasteiger partial charge on any atom is -0.373 e. The molecule has 1 saturated heterocycles. The Kier molecular flexibility index (Phi) is 7.55. The van der Waals surface area contributed by atoms with Gasteiger partial charge in [-0.25, -0.2) is 4.39 Å². The molecule has 0 bridgehead atoms. The average molecular weight is 421 g/mol. The molecule has 22 heavy (non-hydrogen) atoms. The lowest BCUT2D eigenvalue weighted by Gasteiger charge is -2.24. The average Bonchev–Trinajstić information content (AvgIpc) is 2.90. The van der Waals surface area contributed by atoms with Gasteiger partial charge in [-0.2, -0.15) is 0 Å². The van der Waals surface area contributed by atoms with Gasteiger partial charge in [-0.3, -0.25) is 4.99 Å². The third kappa shape index (κ3) is 5.39. The fourth-order valence-corrected chi connectivity index (χ4v) is 2.47. The molecule has 2 N–H and O–H groups in total. The van der Waals surface area contributed by atoms with Crippen molar-refractivity contribution in [2.45, 2.75) is 38.8 Å². The molecule has 1 atom stereocenters. The van der Waals surface area contributed by atoms with E-state index in [9.17, 15) is 4.39 Å². The lowest BCUT2D eigenvalue weighted by Crippen LogP contribution is -2.45. The summed E-state index contributed by atoms with van der Waals surface area (Å²) in [4.78, 5) is 4.20. The number of nitrogens with one attached hydrogen (secondary N) is 2. The number of ether oxygens (including phenoxy) is 1. The molecule has 124 valence electrons. The van der Waals surface area contributed by atoms with E-state index in [0.717, 1.165) is 37.5 Å². The standard InChI is InChI=1S/C16H24FN3O.HI/c1-12-9-13(5-6-14(12)17)10-19-15(18-3)20-11-16(2)7-4-8-21-16;/h5-6,9H,4,7-8,10-11H2,1-3H3,(H2,18,19,20);1H. The topological polar surface area (TPSA) is 45.7 Å². The van der Waals surface area contributed by atoms with E-state index in [1.54, 1.807) is 20.0 Å². The van der Waals surface area contributed by atoms with Crippen LogP contribution in [0.15, 0.2) is 23.2 Å². The summed E-state index contributed by atoms with van der Waals surface area (Å²) in [5.41, 5.74) is 1.58. The monoisotopic (exact) mass is 421 g/mol. The van der Waals surface area contributed by atoms with E-state index in [2.05, 4.69) is 22.5 Å². The number of nitrogens with zero attached hydrogens (tertiary/aromatic N) is 1. The molecule has 0 aliphatic carbocycles. The van der Waals surface area contributed by atoms with Crippen LogP contribution < -0.4 is 10.6 Å². The Labute approximate surface area is 148 Å². The first-order valence-corrected chi connectivity index (χ1v) is 7.36. The quantitative estimate of drug-likeness (QED) is 0.447. The summed E-state index contributed by atoms with van der Waals surface area (Å²) in [5.74, 6) is 0.557. The molecular formula is C16H25FIN3O. The Balaban J connectivity index is 0.00000242. The van der Waals surface area contributed by atoms with Crippen molar-refractivity contribution < 1.29 is 9.13 Å². The summed E-state index contributed by atoms with van der Waals surface area (Å²) in [6, 6.07) is 5.12. The maximum Gasteiger partial charge on any atom is 0.191 e. The van der Waals surface area contributed by atoms with Gasteiger partial charge in [0.1, 0.15) is 5.82 Å². The number of hydrogen-bond acceptors (Lipinski definition) is 2. The minimum absolute atomic E-state index is 0. The summed E-state index contributed by atoms with van der Waals surface area (Å²) in [6.45, 7) is 6.06. The summed E-state index contributed by atoms with van der Waals surface area (Å²) in [6.07, 6.45) is 2.17. The summed E-state index contributed by atoms with van der Waals surface area (Å²) >= 11 is 0. The molecule has 1 aromatic rings. The number of aryl methyl sites for hydroxylation is 1. The smallest absolute Gasteiger partial charge is 0.191 e. The van der Waals surface area contributed by atoms with Crippen molar-refractivity contribution in [2.24, 2.45) is 4.99 Å². The van der Waals surface area contributed by atoms with Crippen molar-refractivity contribution in [3.05, 3.63) is 35.1 Å². The van der Waals surface area contributed by atoms with Crippen molar-refractivity contribution in [3.63, 3.8) is 0 Å². The lowest BCUT2D eigenvalue weighted by molar-refractivity contribution is 0.0243. The molecule has 1 heterocycles. The molecule has 1 aliphatic rings. The molecule has 0 radical (unpaired) electrons. The van der Waals surface area contributed by atoms with Gasteiger partial charge in [0.25, 0.3) is 0 Å². The predicted octanol–water partition coefficient (Wildman–Crippen LogP) is 2.99. The SMILES string of the molecule is CN=C(NCc1ccc(F)c(C)c1)NCC1(C)CCCO1.I. The molecule has 6 heteroatoms. The second-order valence-electron chi connectivity index (χ2n) is 5.76. The molecule has 4 nitrogen and oxygen atoms in total. The number of aliphatic imine (C=N–C) groups is 1. The van der Waals surface area contributed by atoms with Crippen molar-refractivity contribution in [2.75, 3.05) is 20.2 Å². The summed E-state index contributed by atoms with van der Waals surface area (Å²) < 4.78 is 19.0. The van der Waals surface area contributed by atoms with E-state index in [4.69, 9.17) is 4.74 Å². The summed E-state index contributed by atoms with van der Waals surface area (Å²) in [7, 11) is 1.74. The minimum atomic E-state index is -0.174. The molecule has 0 amide bonds. The molecule has 0 spiro atoms. The number of rotatable bonds is 4. The highest BCUT2D eigenvalue weighted by Gasteiger charge is 2.29. The molecule has 2 rings (SSSR count). The van der Waals surface area contributed by atoms with Crippen LogP contribution >= 0.6 is 24.0 Å². The Hall–Kier alpha value is -0.890. The van der Waals surface area contributed by atoms with Crippen LogP contribution in [0.3, 0.4) is 0 Å². The normalized spacial score (nSPS) is 21.4. The number of guanidine groups is 1. The highest BCUT2D eigenvalue weighted by molar-refractivity contribution is 14.0. The first-order valence-electron chi connectivity index (χ1n) is 7.36. The third-order valence-corrected chi connectivity index (χ3v) is 3.84. The van der Waals surface area contributed by atoms with Crippen LogP contribution in [0.5, 0.6) is 0 Å². The van der Waals surface area contributed by atoms with Gasteiger partial charge in [0.15, 0.2) is 5.96 Å². The van der Waals surface area contributed by atoms with Crippen molar-refractivity contribution in [3.8, 4) is 0 Å².